The predicted molar refractivity (Wildman–Crippen MR) is 75.4 cm³/mol. The largest absolute Gasteiger partial charge is 0.330 e. The van der Waals surface area contributed by atoms with E-state index in [-0.39, 0.29) is 0 Å². The topological polar surface area (TPSA) is 43.8 Å². The molecule has 0 amide bonds. The third-order valence-corrected chi connectivity index (χ3v) is 6.34. The molecule has 104 valence electrons. The lowest BCUT2D eigenvalue weighted by atomic mass is 9.48. The Bertz CT molecular complexity index is 441. The molecule has 19 heavy (non-hydrogen) atoms. The van der Waals surface area contributed by atoms with Crippen molar-refractivity contribution < 1.29 is 0 Å². The van der Waals surface area contributed by atoms with Gasteiger partial charge in [0.1, 0.15) is 0 Å². The first-order chi connectivity index (χ1) is 9.20. The van der Waals surface area contributed by atoms with Gasteiger partial charge in [0.05, 0.1) is 12.0 Å². The Labute approximate surface area is 115 Å². The van der Waals surface area contributed by atoms with Gasteiger partial charge in [0.25, 0.3) is 0 Å². The van der Waals surface area contributed by atoms with Crippen molar-refractivity contribution in [2.45, 2.75) is 58.0 Å². The van der Waals surface area contributed by atoms with E-state index in [1.165, 1.54) is 44.2 Å². The fourth-order valence-corrected chi connectivity index (χ4v) is 5.82. The smallest absolute Gasteiger partial charge is 0.0951 e. The lowest BCUT2D eigenvalue weighted by Gasteiger charge is -2.59. The van der Waals surface area contributed by atoms with E-state index in [0.29, 0.717) is 18.0 Å². The van der Waals surface area contributed by atoms with Crippen LogP contribution in [0.5, 0.6) is 0 Å². The molecule has 4 bridgehead atoms. The van der Waals surface area contributed by atoms with Gasteiger partial charge in [0.15, 0.2) is 0 Å². The van der Waals surface area contributed by atoms with Crippen molar-refractivity contribution in [1.29, 1.82) is 0 Å². The molecule has 4 aliphatic rings. The summed E-state index contributed by atoms with van der Waals surface area (Å²) in [7, 11) is 0. The maximum absolute atomic E-state index is 5.86. The first-order valence-electron chi connectivity index (χ1n) is 7.91. The molecule has 4 saturated carbocycles. The molecule has 1 atom stereocenters. The van der Waals surface area contributed by atoms with E-state index in [1.54, 1.807) is 0 Å². The highest BCUT2D eigenvalue weighted by atomic mass is 15.1. The van der Waals surface area contributed by atoms with E-state index in [4.69, 9.17) is 5.73 Å². The van der Waals surface area contributed by atoms with Crippen LogP contribution in [0.2, 0.25) is 0 Å². The molecule has 1 heterocycles. The Hall–Kier alpha value is -0.830. The molecule has 1 aromatic heterocycles. The number of hydrogen-bond acceptors (Lipinski definition) is 2. The minimum atomic E-state index is 0.541. The Morgan fingerprint density at radius 3 is 2.37 bits per heavy atom. The number of aromatic nitrogens is 2. The Kier molecular flexibility index (Phi) is 2.57. The van der Waals surface area contributed by atoms with Crippen molar-refractivity contribution >= 4 is 0 Å². The van der Waals surface area contributed by atoms with Gasteiger partial charge in [-0.2, -0.15) is 0 Å². The van der Waals surface area contributed by atoms with E-state index in [0.717, 1.165) is 17.8 Å². The molecule has 5 rings (SSSR count). The molecule has 4 aliphatic carbocycles. The average molecular weight is 259 g/mol. The summed E-state index contributed by atoms with van der Waals surface area (Å²) in [6, 6.07) is 0.571. The van der Waals surface area contributed by atoms with Gasteiger partial charge in [-0.15, -0.1) is 0 Å². The molecule has 0 saturated heterocycles. The fourth-order valence-electron chi connectivity index (χ4n) is 5.82. The van der Waals surface area contributed by atoms with E-state index in [9.17, 15) is 0 Å². The summed E-state index contributed by atoms with van der Waals surface area (Å²) in [5.41, 5.74) is 7.60. The summed E-state index contributed by atoms with van der Waals surface area (Å²) in [6.45, 7) is 3.02. The lowest BCUT2D eigenvalue weighted by molar-refractivity contribution is -0.0792. The normalized spacial score (nSPS) is 41.7. The monoisotopic (exact) mass is 259 g/mol. The molecular weight excluding hydrogens is 234 g/mol. The summed E-state index contributed by atoms with van der Waals surface area (Å²) in [5.74, 6) is 3.04. The van der Waals surface area contributed by atoms with Crippen LogP contribution in [0.15, 0.2) is 12.5 Å². The van der Waals surface area contributed by atoms with Gasteiger partial charge in [-0.3, -0.25) is 0 Å². The summed E-state index contributed by atoms with van der Waals surface area (Å²) in [4.78, 5) is 4.32. The summed E-state index contributed by atoms with van der Waals surface area (Å²) in [6.07, 6.45) is 12.8. The molecule has 1 aromatic rings. The van der Waals surface area contributed by atoms with Gasteiger partial charge in [0.2, 0.25) is 0 Å². The zero-order chi connectivity index (χ0) is 13.0. The van der Waals surface area contributed by atoms with E-state index in [2.05, 4.69) is 16.5 Å². The molecule has 1 unspecified atom stereocenters. The van der Waals surface area contributed by atoms with Gasteiger partial charge in [-0.1, -0.05) is 0 Å². The van der Waals surface area contributed by atoms with Crippen LogP contribution < -0.4 is 5.73 Å². The van der Waals surface area contributed by atoms with Crippen LogP contribution in [0.1, 0.15) is 57.2 Å². The zero-order valence-electron chi connectivity index (χ0n) is 11.9. The maximum atomic E-state index is 5.86. The van der Waals surface area contributed by atoms with Gasteiger partial charge in [-0.05, 0) is 68.6 Å². The van der Waals surface area contributed by atoms with Crippen molar-refractivity contribution in [3.05, 3.63) is 18.2 Å². The first kappa shape index (κ1) is 12.0. The molecule has 4 fully saturated rings. The van der Waals surface area contributed by atoms with E-state index < -0.39 is 0 Å². The lowest BCUT2D eigenvalue weighted by Crippen LogP contribution is -2.49. The van der Waals surface area contributed by atoms with Gasteiger partial charge < -0.3 is 10.3 Å². The van der Waals surface area contributed by atoms with Crippen LogP contribution in [0.25, 0.3) is 0 Å². The summed E-state index contributed by atoms with van der Waals surface area (Å²) >= 11 is 0. The second kappa shape index (κ2) is 4.08. The summed E-state index contributed by atoms with van der Waals surface area (Å²) in [5, 5.41) is 0. The van der Waals surface area contributed by atoms with Crippen LogP contribution in [0.4, 0.5) is 0 Å². The van der Waals surface area contributed by atoms with Crippen molar-refractivity contribution in [2.75, 3.05) is 0 Å². The minimum Gasteiger partial charge on any atom is -0.330 e. The van der Waals surface area contributed by atoms with Gasteiger partial charge in [0, 0.05) is 18.8 Å². The highest BCUT2D eigenvalue weighted by Gasteiger charge is 2.53. The maximum Gasteiger partial charge on any atom is 0.0951 e. The molecule has 3 heteroatoms. The number of imidazole rings is 1. The quantitative estimate of drug-likeness (QED) is 0.906. The van der Waals surface area contributed by atoms with E-state index in [1.807, 2.05) is 12.5 Å². The number of nitrogens with two attached hydrogens (primary N) is 1. The molecule has 0 aliphatic heterocycles. The Morgan fingerprint density at radius 2 is 1.84 bits per heavy atom. The standard InChI is InChI=1S/C16H25N3/c1-11(19-10-18-9-15(19)8-17)16-5-12-2-13(6-16)4-14(3-12)7-16/h9-14H,2-8,17H2,1H3. The molecular formula is C16H25N3. The summed E-state index contributed by atoms with van der Waals surface area (Å²) < 4.78 is 2.37. The SMILES string of the molecule is CC(n1cncc1CN)C12CC3CC(CC(C3)C1)C2. The number of hydrogen-bond donors (Lipinski definition) is 1. The second-order valence-electron chi connectivity index (χ2n) is 7.45. The van der Waals surface area contributed by atoms with Gasteiger partial charge >= 0.3 is 0 Å². The number of nitrogens with zero attached hydrogens (tertiary/aromatic N) is 2. The third-order valence-electron chi connectivity index (χ3n) is 6.34. The first-order valence-corrected chi connectivity index (χ1v) is 7.91. The van der Waals surface area contributed by atoms with Crippen molar-refractivity contribution in [1.82, 2.24) is 9.55 Å². The van der Waals surface area contributed by atoms with Crippen molar-refractivity contribution in [2.24, 2.45) is 28.9 Å². The Morgan fingerprint density at radius 1 is 1.26 bits per heavy atom. The van der Waals surface area contributed by atoms with Crippen LogP contribution in [0.3, 0.4) is 0 Å². The van der Waals surface area contributed by atoms with E-state index >= 15 is 0 Å². The molecule has 0 spiro atoms. The van der Waals surface area contributed by atoms with Crippen LogP contribution in [-0.4, -0.2) is 9.55 Å². The van der Waals surface area contributed by atoms with Crippen LogP contribution in [0, 0.1) is 23.2 Å². The van der Waals surface area contributed by atoms with Crippen LogP contribution >= 0.6 is 0 Å². The molecule has 0 aromatic carbocycles. The average Bonchev–Trinajstić information content (AvgIpc) is 2.84. The van der Waals surface area contributed by atoms with Gasteiger partial charge in [-0.25, -0.2) is 4.98 Å². The second-order valence-corrected chi connectivity index (χ2v) is 7.45. The highest BCUT2D eigenvalue weighted by molar-refractivity contribution is 5.08. The van der Waals surface area contributed by atoms with Crippen molar-refractivity contribution in [3.63, 3.8) is 0 Å². The molecule has 3 nitrogen and oxygen atoms in total. The molecule has 2 N–H and O–H groups in total. The zero-order valence-corrected chi connectivity index (χ0v) is 11.9. The fraction of sp³-hybridized carbons (Fsp3) is 0.812. The minimum absolute atomic E-state index is 0.541. The third kappa shape index (κ3) is 1.70. The predicted octanol–water partition coefficient (Wildman–Crippen LogP) is 3.12. The Balaban J connectivity index is 1.68. The number of rotatable bonds is 3. The highest BCUT2D eigenvalue weighted by Crippen LogP contribution is 2.63. The van der Waals surface area contributed by atoms with Crippen LogP contribution in [-0.2, 0) is 6.54 Å². The van der Waals surface area contributed by atoms with Crippen molar-refractivity contribution in [3.8, 4) is 0 Å². The molecule has 0 radical (unpaired) electrons.